The van der Waals surface area contributed by atoms with Gasteiger partial charge in [0.2, 0.25) is 5.95 Å². The fourth-order valence-electron chi connectivity index (χ4n) is 2.42. The highest BCUT2D eigenvalue weighted by Crippen LogP contribution is 2.44. The highest BCUT2D eigenvalue weighted by atomic mass is 31.2. The summed E-state index contributed by atoms with van der Waals surface area (Å²) >= 11 is 0. The summed E-state index contributed by atoms with van der Waals surface area (Å²) in [6, 6.07) is 0. The van der Waals surface area contributed by atoms with E-state index in [4.69, 9.17) is 15.2 Å². The van der Waals surface area contributed by atoms with Gasteiger partial charge in [-0.1, -0.05) is 0 Å². The second kappa shape index (κ2) is 6.99. The molecule has 132 valence electrons. The number of aromatic amines is 1. The molecule has 0 radical (unpaired) electrons. The summed E-state index contributed by atoms with van der Waals surface area (Å²) in [6.07, 6.45) is 1.42. The summed E-state index contributed by atoms with van der Waals surface area (Å²) in [7, 11) is -3.43. The number of hydrogen-bond donors (Lipinski definition) is 3. The summed E-state index contributed by atoms with van der Waals surface area (Å²) in [4.78, 5) is 32.1. The van der Waals surface area contributed by atoms with Crippen molar-refractivity contribution < 1.29 is 18.9 Å². The minimum absolute atomic E-state index is 0.00970. The van der Waals surface area contributed by atoms with Gasteiger partial charge in [0.15, 0.2) is 11.2 Å². The largest absolute Gasteiger partial charge is 0.379 e. The highest BCUT2D eigenvalue weighted by Gasteiger charge is 2.29. The molecule has 3 heterocycles. The molecule has 3 rings (SSSR count). The fraction of sp³-hybridized carbons (Fsp3) is 0.583. The van der Waals surface area contributed by atoms with Gasteiger partial charge in [-0.15, -0.1) is 0 Å². The molecule has 4 N–H and O–H groups in total. The van der Waals surface area contributed by atoms with E-state index < -0.39 is 13.1 Å². The number of nitrogens with zero attached hydrogens (tertiary/aromatic N) is 4. The fourth-order valence-corrected chi connectivity index (χ4v) is 3.86. The predicted molar refractivity (Wildman–Crippen MR) is 85.6 cm³/mol. The highest BCUT2D eigenvalue weighted by molar-refractivity contribution is 7.55. The van der Waals surface area contributed by atoms with Crippen LogP contribution >= 0.6 is 7.52 Å². The quantitative estimate of drug-likeness (QED) is 0.445. The van der Waals surface area contributed by atoms with Crippen molar-refractivity contribution in [1.29, 1.82) is 0 Å². The van der Waals surface area contributed by atoms with Gasteiger partial charge >= 0.3 is 0 Å². The SMILES string of the molecule is Nc1nc2c(ncn2COCCP(=O)(O)N2CCOCC2)c(=O)[nH]1. The summed E-state index contributed by atoms with van der Waals surface area (Å²) in [6.45, 7) is 1.92. The molecule has 1 aliphatic heterocycles. The number of rotatable bonds is 6. The Hall–Kier alpha value is -1.78. The molecule has 2 aromatic rings. The molecule has 24 heavy (non-hydrogen) atoms. The van der Waals surface area contributed by atoms with E-state index in [2.05, 4.69) is 15.0 Å². The summed E-state index contributed by atoms with van der Waals surface area (Å²) in [5, 5.41) is 0. The number of ether oxygens (including phenoxy) is 2. The maximum absolute atomic E-state index is 12.3. The Bertz CT molecular complexity index is 814. The molecular weight excluding hydrogens is 339 g/mol. The number of imidazole rings is 1. The van der Waals surface area contributed by atoms with E-state index >= 15 is 0 Å². The van der Waals surface area contributed by atoms with Gasteiger partial charge in [-0.05, 0) is 0 Å². The maximum atomic E-state index is 12.3. The van der Waals surface area contributed by atoms with E-state index in [1.54, 1.807) is 0 Å². The van der Waals surface area contributed by atoms with Gasteiger partial charge in [-0.25, -0.2) is 9.65 Å². The number of nitrogens with two attached hydrogens (primary N) is 1. The van der Waals surface area contributed by atoms with Crippen LogP contribution in [0.3, 0.4) is 0 Å². The molecule has 12 heteroatoms. The normalized spacial score (nSPS) is 18.7. The average Bonchev–Trinajstić information content (AvgIpc) is 2.96. The van der Waals surface area contributed by atoms with Crippen LogP contribution in [-0.4, -0.2) is 68.2 Å². The zero-order chi connectivity index (χ0) is 17.2. The topological polar surface area (TPSA) is 149 Å². The van der Waals surface area contributed by atoms with E-state index in [0.717, 1.165) is 0 Å². The summed E-state index contributed by atoms with van der Waals surface area (Å²) < 4.78 is 25.9. The lowest BCUT2D eigenvalue weighted by Crippen LogP contribution is -2.34. The first-order chi connectivity index (χ1) is 11.5. The maximum Gasteiger partial charge on any atom is 0.280 e. The molecular formula is C12H19N6O5P. The number of morpholine rings is 1. The molecule has 0 aromatic carbocycles. The van der Waals surface area contributed by atoms with Crippen LogP contribution in [0.25, 0.3) is 11.2 Å². The number of aromatic nitrogens is 4. The van der Waals surface area contributed by atoms with Crippen LogP contribution in [-0.2, 0) is 20.8 Å². The van der Waals surface area contributed by atoms with Crippen LogP contribution < -0.4 is 11.3 Å². The number of anilines is 1. The average molecular weight is 358 g/mol. The lowest BCUT2D eigenvalue weighted by molar-refractivity contribution is 0.0642. The van der Waals surface area contributed by atoms with Gasteiger partial charge in [0.25, 0.3) is 13.1 Å². The van der Waals surface area contributed by atoms with E-state index in [1.807, 2.05) is 0 Å². The summed E-state index contributed by atoms with van der Waals surface area (Å²) in [5.41, 5.74) is 5.55. The molecule has 1 fully saturated rings. The Morgan fingerprint density at radius 3 is 2.96 bits per heavy atom. The van der Waals surface area contributed by atoms with Crippen LogP contribution in [0.5, 0.6) is 0 Å². The molecule has 0 aliphatic carbocycles. The molecule has 1 saturated heterocycles. The molecule has 0 amide bonds. The van der Waals surface area contributed by atoms with Gasteiger partial charge in [0, 0.05) is 13.1 Å². The van der Waals surface area contributed by atoms with E-state index in [0.29, 0.717) is 32.0 Å². The summed E-state index contributed by atoms with van der Waals surface area (Å²) in [5.74, 6) is -0.0126. The van der Waals surface area contributed by atoms with Crippen LogP contribution in [0.4, 0.5) is 5.95 Å². The number of H-pyrrole nitrogens is 1. The Balaban J connectivity index is 1.57. The van der Waals surface area contributed by atoms with E-state index in [-0.39, 0.29) is 31.0 Å². The second-order valence-corrected chi connectivity index (χ2v) is 7.67. The Morgan fingerprint density at radius 1 is 1.46 bits per heavy atom. The Kier molecular flexibility index (Phi) is 4.97. The minimum atomic E-state index is -3.43. The molecule has 0 saturated carbocycles. The molecule has 0 bridgehead atoms. The smallest absolute Gasteiger partial charge is 0.280 e. The van der Waals surface area contributed by atoms with Crippen LogP contribution in [0, 0.1) is 0 Å². The van der Waals surface area contributed by atoms with E-state index in [9.17, 15) is 14.3 Å². The molecule has 11 nitrogen and oxygen atoms in total. The van der Waals surface area contributed by atoms with Crippen molar-refractivity contribution in [3.63, 3.8) is 0 Å². The third kappa shape index (κ3) is 3.65. The van der Waals surface area contributed by atoms with Crippen molar-refractivity contribution in [1.82, 2.24) is 24.2 Å². The van der Waals surface area contributed by atoms with Crippen LogP contribution in [0.1, 0.15) is 0 Å². The van der Waals surface area contributed by atoms with Crippen LogP contribution in [0.15, 0.2) is 11.1 Å². The van der Waals surface area contributed by atoms with Crippen molar-refractivity contribution >= 4 is 24.6 Å². The Labute approximate surface area is 136 Å². The zero-order valence-electron chi connectivity index (χ0n) is 12.9. The number of nitrogen functional groups attached to an aromatic ring is 1. The lowest BCUT2D eigenvalue weighted by Gasteiger charge is -2.30. The molecule has 1 unspecified atom stereocenters. The van der Waals surface area contributed by atoms with Gasteiger partial charge in [0.05, 0.1) is 32.3 Å². The van der Waals surface area contributed by atoms with Crippen molar-refractivity contribution in [3.05, 3.63) is 16.7 Å². The van der Waals surface area contributed by atoms with Crippen molar-refractivity contribution in [2.75, 3.05) is 44.8 Å². The Morgan fingerprint density at radius 2 is 2.21 bits per heavy atom. The first kappa shape index (κ1) is 17.1. The van der Waals surface area contributed by atoms with Crippen molar-refractivity contribution in [3.8, 4) is 0 Å². The third-order valence-electron chi connectivity index (χ3n) is 3.68. The van der Waals surface area contributed by atoms with Gasteiger partial charge in [-0.3, -0.25) is 18.9 Å². The van der Waals surface area contributed by atoms with Crippen molar-refractivity contribution in [2.45, 2.75) is 6.73 Å². The van der Waals surface area contributed by atoms with Gasteiger partial charge in [0.1, 0.15) is 6.73 Å². The van der Waals surface area contributed by atoms with Gasteiger partial charge in [-0.2, -0.15) is 4.98 Å². The zero-order valence-corrected chi connectivity index (χ0v) is 13.8. The molecule has 0 spiro atoms. The second-order valence-electron chi connectivity index (χ2n) is 5.33. The predicted octanol–water partition coefficient (Wildman–Crippen LogP) is -0.806. The first-order valence-electron chi connectivity index (χ1n) is 7.41. The molecule has 2 aromatic heterocycles. The number of fused-ring (bicyclic) bond motifs is 1. The third-order valence-corrected chi connectivity index (χ3v) is 5.73. The monoisotopic (exact) mass is 358 g/mol. The minimum Gasteiger partial charge on any atom is -0.379 e. The van der Waals surface area contributed by atoms with E-state index in [1.165, 1.54) is 15.6 Å². The number of hydrogen-bond acceptors (Lipinski definition) is 7. The number of nitrogens with one attached hydrogen (secondary N) is 1. The van der Waals surface area contributed by atoms with Crippen molar-refractivity contribution in [2.24, 2.45) is 0 Å². The first-order valence-corrected chi connectivity index (χ1v) is 9.20. The standard InChI is InChI=1S/C12H19N6O5P/c13-12-15-10-9(11(19)16-12)14-7-17(10)8-23-5-6-24(20,21)18-1-3-22-4-2-18/h7H,1-6,8H2,(H,20,21)(H3,13,15,16,19). The lowest BCUT2D eigenvalue weighted by atomic mass is 10.5. The van der Waals surface area contributed by atoms with Crippen LogP contribution in [0.2, 0.25) is 0 Å². The molecule has 1 atom stereocenters. The molecule has 1 aliphatic rings. The van der Waals surface area contributed by atoms with Gasteiger partial charge < -0.3 is 20.1 Å².